The van der Waals surface area contributed by atoms with E-state index < -0.39 is 12.9 Å². The first kappa shape index (κ1) is 10.5. The Morgan fingerprint density at radius 1 is 1.27 bits per heavy atom. The Labute approximate surface area is 87.6 Å². The van der Waals surface area contributed by atoms with Gasteiger partial charge in [0.2, 0.25) is 0 Å². The summed E-state index contributed by atoms with van der Waals surface area (Å²) in [6.07, 6.45) is 3.24. The molecule has 1 aromatic rings. The largest absolute Gasteiger partial charge is 0.490 e. The quantitative estimate of drug-likeness (QED) is 0.711. The van der Waals surface area contributed by atoms with Gasteiger partial charge in [-0.3, -0.25) is 0 Å². The standard InChI is InChI=1S/C10H12BFO3/c12-8-4-7(11(13)14)5-10(6-8)15-9-2-1-3-9/h4-6,9,13-14H,1-3H2. The minimum absolute atomic E-state index is 0.115. The maximum absolute atomic E-state index is 13.1. The normalized spacial score (nSPS) is 15.9. The molecule has 0 aliphatic heterocycles. The molecule has 0 spiro atoms. The molecule has 1 aliphatic rings. The summed E-state index contributed by atoms with van der Waals surface area (Å²) in [5.74, 6) is -0.155. The zero-order chi connectivity index (χ0) is 10.8. The second-order valence-corrected chi connectivity index (χ2v) is 3.76. The van der Waals surface area contributed by atoms with Crippen molar-refractivity contribution >= 4 is 12.6 Å². The third-order valence-corrected chi connectivity index (χ3v) is 2.55. The molecule has 1 saturated carbocycles. The van der Waals surface area contributed by atoms with Gasteiger partial charge in [0.05, 0.1) is 6.10 Å². The van der Waals surface area contributed by atoms with Crippen LogP contribution in [0.25, 0.3) is 0 Å². The summed E-state index contributed by atoms with van der Waals surface area (Å²) in [5, 5.41) is 17.8. The highest BCUT2D eigenvalue weighted by atomic mass is 19.1. The van der Waals surface area contributed by atoms with Crippen LogP contribution < -0.4 is 10.2 Å². The molecule has 0 amide bonds. The predicted octanol–water partition coefficient (Wildman–Crippen LogP) is 0.437. The average molecular weight is 210 g/mol. The van der Waals surface area contributed by atoms with Gasteiger partial charge in [-0.1, -0.05) is 0 Å². The molecule has 0 heterocycles. The Hall–Kier alpha value is -1.07. The van der Waals surface area contributed by atoms with Gasteiger partial charge in [-0.05, 0) is 36.9 Å². The summed E-state index contributed by atoms with van der Waals surface area (Å²) in [7, 11) is -1.66. The van der Waals surface area contributed by atoms with Gasteiger partial charge in [-0.15, -0.1) is 0 Å². The van der Waals surface area contributed by atoms with Crippen LogP contribution in [0.15, 0.2) is 18.2 Å². The minimum Gasteiger partial charge on any atom is -0.490 e. The summed E-state index contributed by atoms with van der Waals surface area (Å²) >= 11 is 0. The van der Waals surface area contributed by atoms with Gasteiger partial charge < -0.3 is 14.8 Å². The molecule has 1 fully saturated rings. The monoisotopic (exact) mass is 210 g/mol. The van der Waals surface area contributed by atoms with E-state index in [4.69, 9.17) is 14.8 Å². The lowest BCUT2D eigenvalue weighted by Gasteiger charge is -2.26. The van der Waals surface area contributed by atoms with Crippen molar-refractivity contribution in [1.82, 2.24) is 0 Å². The summed E-state index contributed by atoms with van der Waals surface area (Å²) in [5.41, 5.74) is 0.115. The number of hydrogen-bond donors (Lipinski definition) is 2. The van der Waals surface area contributed by atoms with Crippen molar-refractivity contribution in [1.29, 1.82) is 0 Å². The zero-order valence-electron chi connectivity index (χ0n) is 8.19. The summed E-state index contributed by atoms with van der Waals surface area (Å²) < 4.78 is 18.5. The van der Waals surface area contributed by atoms with Crippen molar-refractivity contribution in [2.45, 2.75) is 25.4 Å². The molecular formula is C10H12BFO3. The van der Waals surface area contributed by atoms with E-state index in [0.717, 1.165) is 25.3 Å². The Bertz CT molecular complexity index is 353. The molecule has 1 aromatic carbocycles. The van der Waals surface area contributed by atoms with Crippen LogP contribution in [0.2, 0.25) is 0 Å². The maximum Gasteiger partial charge on any atom is 0.488 e. The fraction of sp³-hybridized carbons (Fsp3) is 0.400. The van der Waals surface area contributed by atoms with Gasteiger partial charge >= 0.3 is 7.12 Å². The van der Waals surface area contributed by atoms with Gasteiger partial charge in [0.25, 0.3) is 0 Å². The predicted molar refractivity (Wildman–Crippen MR) is 54.5 cm³/mol. The van der Waals surface area contributed by atoms with E-state index in [-0.39, 0.29) is 11.6 Å². The average Bonchev–Trinajstić information content (AvgIpc) is 2.10. The molecule has 0 saturated heterocycles. The fourth-order valence-corrected chi connectivity index (χ4v) is 1.48. The minimum atomic E-state index is -1.66. The first-order valence-electron chi connectivity index (χ1n) is 4.98. The molecule has 15 heavy (non-hydrogen) atoms. The molecule has 1 aliphatic carbocycles. The highest BCUT2D eigenvalue weighted by Gasteiger charge is 2.20. The van der Waals surface area contributed by atoms with Gasteiger partial charge in [-0.25, -0.2) is 4.39 Å². The number of rotatable bonds is 3. The number of hydrogen-bond acceptors (Lipinski definition) is 3. The van der Waals surface area contributed by atoms with E-state index in [1.165, 1.54) is 12.1 Å². The second-order valence-electron chi connectivity index (χ2n) is 3.76. The van der Waals surface area contributed by atoms with Crippen molar-refractivity contribution in [2.75, 3.05) is 0 Å². The van der Waals surface area contributed by atoms with Crippen molar-refractivity contribution in [2.24, 2.45) is 0 Å². The lowest BCUT2D eigenvalue weighted by Crippen LogP contribution is -2.31. The third-order valence-electron chi connectivity index (χ3n) is 2.55. The summed E-state index contributed by atoms with van der Waals surface area (Å²) in [6.45, 7) is 0. The van der Waals surface area contributed by atoms with E-state index >= 15 is 0 Å². The third kappa shape index (κ3) is 2.49. The van der Waals surface area contributed by atoms with E-state index in [1.54, 1.807) is 0 Å². The van der Waals surface area contributed by atoms with E-state index in [1.807, 2.05) is 0 Å². The molecule has 5 heteroatoms. The van der Waals surface area contributed by atoms with Crippen LogP contribution in [0, 0.1) is 5.82 Å². The van der Waals surface area contributed by atoms with E-state index in [9.17, 15) is 4.39 Å². The SMILES string of the molecule is OB(O)c1cc(F)cc(OC2CCC2)c1. The second kappa shape index (κ2) is 4.20. The topological polar surface area (TPSA) is 49.7 Å². The van der Waals surface area contributed by atoms with Crippen LogP contribution >= 0.6 is 0 Å². The van der Waals surface area contributed by atoms with Crippen molar-refractivity contribution < 1.29 is 19.2 Å². The van der Waals surface area contributed by atoms with Crippen molar-refractivity contribution in [3.63, 3.8) is 0 Å². The molecule has 2 N–H and O–H groups in total. The first-order valence-corrected chi connectivity index (χ1v) is 4.98. The number of benzene rings is 1. The van der Waals surface area contributed by atoms with Gasteiger partial charge in [0.1, 0.15) is 11.6 Å². The Balaban J connectivity index is 2.15. The molecular weight excluding hydrogens is 198 g/mol. The molecule has 80 valence electrons. The van der Waals surface area contributed by atoms with Crippen LogP contribution in [0.5, 0.6) is 5.75 Å². The van der Waals surface area contributed by atoms with E-state index in [2.05, 4.69) is 0 Å². The summed E-state index contributed by atoms with van der Waals surface area (Å²) in [6, 6.07) is 3.79. The number of ether oxygens (including phenoxy) is 1. The van der Waals surface area contributed by atoms with Crippen molar-refractivity contribution in [3.05, 3.63) is 24.0 Å². The highest BCUT2D eigenvalue weighted by Crippen LogP contribution is 2.24. The van der Waals surface area contributed by atoms with Crippen LogP contribution in [-0.2, 0) is 0 Å². The number of halogens is 1. The van der Waals surface area contributed by atoms with Gasteiger partial charge in [0.15, 0.2) is 0 Å². The van der Waals surface area contributed by atoms with E-state index in [0.29, 0.717) is 5.75 Å². The van der Waals surface area contributed by atoms with Crippen LogP contribution in [0.4, 0.5) is 4.39 Å². The highest BCUT2D eigenvalue weighted by molar-refractivity contribution is 6.58. The van der Waals surface area contributed by atoms with Crippen LogP contribution in [0.1, 0.15) is 19.3 Å². The molecule has 2 rings (SSSR count). The van der Waals surface area contributed by atoms with Crippen LogP contribution in [-0.4, -0.2) is 23.3 Å². The zero-order valence-corrected chi connectivity index (χ0v) is 8.19. The molecule has 0 radical (unpaired) electrons. The van der Waals surface area contributed by atoms with Gasteiger partial charge in [-0.2, -0.15) is 0 Å². The Morgan fingerprint density at radius 2 is 2.00 bits per heavy atom. The maximum atomic E-state index is 13.1. The molecule has 0 unspecified atom stereocenters. The Morgan fingerprint density at radius 3 is 2.53 bits per heavy atom. The van der Waals surface area contributed by atoms with Crippen LogP contribution in [0.3, 0.4) is 0 Å². The first-order chi connectivity index (χ1) is 7.15. The fourth-order valence-electron chi connectivity index (χ4n) is 1.48. The molecule has 0 bridgehead atoms. The van der Waals surface area contributed by atoms with Crippen molar-refractivity contribution in [3.8, 4) is 5.75 Å². The van der Waals surface area contributed by atoms with Gasteiger partial charge in [0, 0.05) is 6.07 Å². The molecule has 3 nitrogen and oxygen atoms in total. The smallest absolute Gasteiger partial charge is 0.488 e. The molecule has 0 aromatic heterocycles. The molecule has 0 atom stereocenters. The summed E-state index contributed by atoms with van der Waals surface area (Å²) in [4.78, 5) is 0. The lowest BCUT2D eigenvalue weighted by atomic mass is 9.80. The Kier molecular flexibility index (Phi) is 2.93. The lowest BCUT2D eigenvalue weighted by molar-refractivity contribution is 0.120.